The van der Waals surface area contributed by atoms with Gasteiger partial charge < -0.3 is 10.2 Å². The highest BCUT2D eigenvalue weighted by molar-refractivity contribution is 7.80. The summed E-state index contributed by atoms with van der Waals surface area (Å²) in [5.41, 5.74) is 0.546. The maximum absolute atomic E-state index is 11.9. The van der Waals surface area contributed by atoms with Crippen molar-refractivity contribution >= 4 is 24.4 Å². The van der Waals surface area contributed by atoms with Gasteiger partial charge in [0.15, 0.2) is 0 Å². The zero-order valence-electron chi connectivity index (χ0n) is 9.51. The lowest BCUT2D eigenvalue weighted by molar-refractivity contribution is -0.128. The number of nitrogens with one attached hydrogen (secondary N) is 1. The van der Waals surface area contributed by atoms with E-state index in [-0.39, 0.29) is 17.9 Å². The van der Waals surface area contributed by atoms with Crippen LogP contribution in [-0.2, 0) is 4.79 Å². The number of rotatable bonds is 2. The quantitative estimate of drug-likeness (QED) is 0.767. The minimum Gasteiger partial charge on any atom is -0.344 e. The second kappa shape index (κ2) is 4.79. The van der Waals surface area contributed by atoms with Crippen molar-refractivity contribution in [2.24, 2.45) is 0 Å². The fraction of sp³-hybridized carbons (Fsp3) is 0.333. The number of nitrogens with zero attached hydrogens (tertiary/aromatic N) is 1. The van der Waals surface area contributed by atoms with Crippen molar-refractivity contribution in [2.45, 2.75) is 17.4 Å². The third kappa shape index (κ3) is 2.61. The molecule has 0 saturated carbocycles. The highest BCUT2D eigenvalue weighted by Crippen LogP contribution is 2.11. The highest BCUT2D eigenvalue weighted by atomic mass is 32.1. The molecule has 4 nitrogen and oxygen atoms in total. The van der Waals surface area contributed by atoms with Crippen molar-refractivity contribution in [3.05, 3.63) is 29.8 Å². The normalized spacial score (nSPS) is 19.5. The molecule has 2 rings (SSSR count). The van der Waals surface area contributed by atoms with E-state index < -0.39 is 0 Å². The summed E-state index contributed by atoms with van der Waals surface area (Å²) >= 11 is 4.15. The zero-order chi connectivity index (χ0) is 12.4. The van der Waals surface area contributed by atoms with E-state index in [0.717, 1.165) is 4.90 Å². The van der Waals surface area contributed by atoms with Gasteiger partial charge in [-0.3, -0.25) is 9.59 Å². The van der Waals surface area contributed by atoms with Gasteiger partial charge in [-0.1, -0.05) is 0 Å². The van der Waals surface area contributed by atoms with Gasteiger partial charge in [-0.05, 0) is 30.7 Å². The number of carbonyl (C=O) groups excluding carboxylic acids is 2. The van der Waals surface area contributed by atoms with Gasteiger partial charge in [-0.2, -0.15) is 0 Å². The van der Waals surface area contributed by atoms with Crippen molar-refractivity contribution in [1.82, 2.24) is 10.2 Å². The summed E-state index contributed by atoms with van der Waals surface area (Å²) in [6.45, 7) is 0.694. The van der Waals surface area contributed by atoms with Gasteiger partial charge in [0.25, 0.3) is 5.91 Å². The number of likely N-dealkylation sites (tertiary alicyclic amines) is 1. The zero-order valence-corrected chi connectivity index (χ0v) is 10.4. The summed E-state index contributed by atoms with van der Waals surface area (Å²) < 4.78 is 0. The van der Waals surface area contributed by atoms with Gasteiger partial charge in [0, 0.05) is 24.1 Å². The van der Waals surface area contributed by atoms with Crippen LogP contribution in [0.15, 0.2) is 29.2 Å². The SMILES string of the molecule is CN1CCC(NC(=O)c2ccc(S)cc2)C1=O. The van der Waals surface area contributed by atoms with Crippen molar-refractivity contribution in [3.8, 4) is 0 Å². The molecule has 1 atom stereocenters. The Hall–Kier alpha value is -1.49. The van der Waals surface area contributed by atoms with Crippen molar-refractivity contribution < 1.29 is 9.59 Å². The molecule has 1 aliphatic heterocycles. The van der Waals surface area contributed by atoms with E-state index in [9.17, 15) is 9.59 Å². The second-order valence-corrected chi connectivity index (χ2v) is 4.64. The molecule has 0 bridgehead atoms. The highest BCUT2D eigenvalue weighted by Gasteiger charge is 2.30. The number of likely N-dealkylation sites (N-methyl/N-ethyl adjacent to an activating group) is 1. The molecule has 5 heteroatoms. The molecule has 0 aliphatic carbocycles. The van der Waals surface area contributed by atoms with E-state index in [0.29, 0.717) is 18.5 Å². The number of carbonyl (C=O) groups is 2. The molecule has 90 valence electrons. The van der Waals surface area contributed by atoms with E-state index in [4.69, 9.17) is 0 Å². The smallest absolute Gasteiger partial charge is 0.251 e. The number of amides is 2. The molecule has 0 radical (unpaired) electrons. The first-order valence-electron chi connectivity index (χ1n) is 5.43. The molecule has 0 spiro atoms. The molecule has 17 heavy (non-hydrogen) atoms. The van der Waals surface area contributed by atoms with Crippen LogP contribution in [0.1, 0.15) is 16.8 Å². The van der Waals surface area contributed by atoms with Crippen LogP contribution in [0.2, 0.25) is 0 Å². The minimum atomic E-state index is -0.386. The van der Waals surface area contributed by atoms with Gasteiger partial charge in [0.2, 0.25) is 5.91 Å². The van der Waals surface area contributed by atoms with E-state index in [1.165, 1.54) is 0 Å². The Balaban J connectivity index is 2.02. The molecular formula is C12H14N2O2S. The number of benzene rings is 1. The number of thiol groups is 1. The number of hydrogen-bond donors (Lipinski definition) is 2. The first-order valence-corrected chi connectivity index (χ1v) is 5.87. The Bertz CT molecular complexity index is 444. The maximum atomic E-state index is 11.9. The first-order chi connectivity index (χ1) is 8.08. The summed E-state index contributed by atoms with van der Waals surface area (Å²) in [6.07, 6.45) is 0.672. The average molecular weight is 250 g/mol. The lowest BCUT2D eigenvalue weighted by atomic mass is 10.2. The molecule has 1 saturated heterocycles. The Labute approximate surface area is 105 Å². The Kier molecular flexibility index (Phi) is 3.38. The second-order valence-electron chi connectivity index (χ2n) is 4.12. The standard InChI is InChI=1S/C12H14N2O2S/c1-14-7-6-10(12(14)16)13-11(15)8-2-4-9(17)5-3-8/h2-5,10,17H,6-7H2,1H3,(H,13,15). The van der Waals surface area contributed by atoms with Crippen LogP contribution in [0, 0.1) is 0 Å². The molecule has 1 fully saturated rings. The van der Waals surface area contributed by atoms with Gasteiger partial charge >= 0.3 is 0 Å². The largest absolute Gasteiger partial charge is 0.344 e. The van der Waals surface area contributed by atoms with Gasteiger partial charge in [-0.15, -0.1) is 12.6 Å². The van der Waals surface area contributed by atoms with E-state index in [2.05, 4.69) is 17.9 Å². The molecule has 1 unspecified atom stereocenters. The average Bonchev–Trinajstić information content (AvgIpc) is 2.62. The molecule has 1 N–H and O–H groups in total. The maximum Gasteiger partial charge on any atom is 0.251 e. The van der Waals surface area contributed by atoms with Crippen LogP contribution in [0.3, 0.4) is 0 Å². The lowest BCUT2D eigenvalue weighted by Gasteiger charge is -2.12. The summed E-state index contributed by atoms with van der Waals surface area (Å²) in [4.78, 5) is 25.9. The molecule has 1 aromatic carbocycles. The fourth-order valence-corrected chi connectivity index (χ4v) is 1.96. The molecule has 2 amide bonds. The molecule has 1 aromatic rings. The van der Waals surface area contributed by atoms with Crippen LogP contribution in [0.5, 0.6) is 0 Å². The molecule has 1 aliphatic rings. The summed E-state index contributed by atoms with van der Waals surface area (Å²) in [6, 6.07) is 6.51. The summed E-state index contributed by atoms with van der Waals surface area (Å²) in [7, 11) is 1.74. The van der Waals surface area contributed by atoms with Gasteiger partial charge in [0.05, 0.1) is 0 Å². The van der Waals surface area contributed by atoms with Crippen molar-refractivity contribution in [3.63, 3.8) is 0 Å². The fourth-order valence-electron chi connectivity index (χ4n) is 1.81. The van der Waals surface area contributed by atoms with Crippen LogP contribution in [0.25, 0.3) is 0 Å². The van der Waals surface area contributed by atoms with E-state index >= 15 is 0 Å². The minimum absolute atomic E-state index is 0.0239. The van der Waals surface area contributed by atoms with E-state index in [1.807, 2.05) is 0 Å². The van der Waals surface area contributed by atoms with Crippen molar-refractivity contribution in [1.29, 1.82) is 0 Å². The van der Waals surface area contributed by atoms with Crippen LogP contribution >= 0.6 is 12.6 Å². The monoisotopic (exact) mass is 250 g/mol. The Morgan fingerprint density at radius 2 is 2.06 bits per heavy atom. The van der Waals surface area contributed by atoms with E-state index in [1.54, 1.807) is 36.2 Å². The number of hydrogen-bond acceptors (Lipinski definition) is 3. The molecule has 1 heterocycles. The summed E-state index contributed by atoms with van der Waals surface area (Å²) in [5, 5.41) is 2.74. The first kappa shape index (κ1) is 12.0. The predicted molar refractivity (Wildman–Crippen MR) is 67.2 cm³/mol. The third-order valence-electron chi connectivity index (χ3n) is 2.86. The van der Waals surface area contributed by atoms with Crippen LogP contribution in [0.4, 0.5) is 0 Å². The Morgan fingerprint density at radius 3 is 2.59 bits per heavy atom. The van der Waals surface area contributed by atoms with Gasteiger partial charge in [0.1, 0.15) is 6.04 Å². The third-order valence-corrected chi connectivity index (χ3v) is 3.16. The lowest BCUT2D eigenvalue weighted by Crippen LogP contribution is -2.40. The topological polar surface area (TPSA) is 49.4 Å². The summed E-state index contributed by atoms with van der Waals surface area (Å²) in [5.74, 6) is -0.240. The Morgan fingerprint density at radius 1 is 1.41 bits per heavy atom. The van der Waals surface area contributed by atoms with Crippen molar-refractivity contribution in [2.75, 3.05) is 13.6 Å². The van der Waals surface area contributed by atoms with Crippen LogP contribution in [-0.4, -0.2) is 36.3 Å². The molecular weight excluding hydrogens is 236 g/mol. The molecule has 0 aromatic heterocycles. The van der Waals surface area contributed by atoms with Crippen LogP contribution < -0.4 is 5.32 Å². The predicted octanol–water partition coefficient (Wildman–Crippen LogP) is 0.936. The van der Waals surface area contributed by atoms with Gasteiger partial charge in [-0.25, -0.2) is 0 Å².